The number of aryl methyl sites for hydroxylation is 1. The lowest BCUT2D eigenvalue weighted by atomic mass is 9.98. The second kappa shape index (κ2) is 7.95. The summed E-state index contributed by atoms with van der Waals surface area (Å²) in [5, 5.41) is 5.59. The van der Waals surface area contributed by atoms with Crippen molar-refractivity contribution in [2.45, 2.75) is 24.7 Å². The number of hydrogen-bond acceptors (Lipinski definition) is 4. The molecule has 2 heterocycles. The van der Waals surface area contributed by atoms with Crippen LogP contribution in [-0.4, -0.2) is 41.5 Å². The van der Waals surface area contributed by atoms with Crippen molar-refractivity contribution in [2.75, 3.05) is 18.4 Å². The Bertz CT molecular complexity index is 1090. The quantitative estimate of drug-likeness (QED) is 0.439. The highest BCUT2D eigenvalue weighted by atomic mass is 32.2. The minimum atomic E-state index is -3.99. The number of rotatable bonds is 4. The standard InChI is InChI=1S/C17H17F5N4O3S/c1-8-10(6-23-25(8)2)30(28,29)26-5-3-4-9(7-26)17(27)24-16-14(21)12(19)11(18)13(20)15(16)22/h6,9H,3-5,7H2,1-2H3,(H,24,27)/t9-/m1/s1. The molecule has 2 aromatic rings. The van der Waals surface area contributed by atoms with Gasteiger partial charge in [0.25, 0.3) is 0 Å². The molecule has 13 heteroatoms. The number of anilines is 1. The number of amides is 1. The summed E-state index contributed by atoms with van der Waals surface area (Å²) in [6.07, 6.45) is 1.59. The third-order valence-corrected chi connectivity index (χ3v) is 6.99. The topological polar surface area (TPSA) is 84.3 Å². The molecule has 1 fully saturated rings. The van der Waals surface area contributed by atoms with Crippen LogP contribution in [0.3, 0.4) is 0 Å². The Morgan fingerprint density at radius 2 is 1.67 bits per heavy atom. The van der Waals surface area contributed by atoms with Gasteiger partial charge in [0, 0.05) is 20.1 Å². The summed E-state index contributed by atoms with van der Waals surface area (Å²) >= 11 is 0. The molecule has 1 aromatic heterocycles. The van der Waals surface area contributed by atoms with Crippen LogP contribution in [0, 0.1) is 41.9 Å². The van der Waals surface area contributed by atoms with E-state index >= 15 is 0 Å². The molecule has 1 aliphatic rings. The molecule has 164 valence electrons. The molecule has 0 unspecified atom stereocenters. The van der Waals surface area contributed by atoms with Crippen LogP contribution in [0.2, 0.25) is 0 Å². The van der Waals surface area contributed by atoms with Gasteiger partial charge < -0.3 is 5.32 Å². The predicted molar refractivity (Wildman–Crippen MR) is 94.3 cm³/mol. The maximum absolute atomic E-state index is 13.8. The number of carbonyl (C=O) groups excluding carboxylic acids is 1. The zero-order valence-corrected chi connectivity index (χ0v) is 16.7. The third-order valence-electron chi connectivity index (χ3n) is 5.02. The highest BCUT2D eigenvalue weighted by molar-refractivity contribution is 7.89. The first-order chi connectivity index (χ1) is 14.0. The number of nitrogens with one attached hydrogen (secondary N) is 1. The lowest BCUT2D eigenvalue weighted by Gasteiger charge is -2.31. The van der Waals surface area contributed by atoms with E-state index in [1.807, 2.05) is 0 Å². The summed E-state index contributed by atoms with van der Waals surface area (Å²) in [6.45, 7) is 1.33. The van der Waals surface area contributed by atoms with E-state index in [1.54, 1.807) is 19.3 Å². The van der Waals surface area contributed by atoms with Crippen LogP contribution in [0.4, 0.5) is 27.6 Å². The largest absolute Gasteiger partial charge is 0.321 e. The fourth-order valence-electron chi connectivity index (χ4n) is 3.19. The summed E-state index contributed by atoms with van der Waals surface area (Å²) in [6, 6.07) is 0. The molecule has 30 heavy (non-hydrogen) atoms. The molecule has 1 atom stereocenters. The molecule has 1 amide bonds. The second-order valence-electron chi connectivity index (χ2n) is 6.85. The Balaban J connectivity index is 1.83. The zero-order chi connectivity index (χ0) is 22.4. The number of nitrogens with zero attached hydrogens (tertiary/aromatic N) is 3. The normalized spacial score (nSPS) is 17.9. The maximum Gasteiger partial charge on any atom is 0.246 e. The van der Waals surface area contributed by atoms with Gasteiger partial charge in [-0.1, -0.05) is 0 Å². The van der Waals surface area contributed by atoms with Crippen molar-refractivity contribution in [3.63, 3.8) is 0 Å². The summed E-state index contributed by atoms with van der Waals surface area (Å²) in [4.78, 5) is 12.4. The van der Waals surface area contributed by atoms with Crippen molar-refractivity contribution < 1.29 is 35.2 Å². The van der Waals surface area contributed by atoms with Gasteiger partial charge in [-0.3, -0.25) is 9.48 Å². The van der Waals surface area contributed by atoms with Crippen molar-refractivity contribution >= 4 is 21.6 Å². The summed E-state index contributed by atoms with van der Waals surface area (Å²) < 4.78 is 95.6. The fraction of sp³-hybridized carbons (Fsp3) is 0.412. The fourth-order valence-corrected chi connectivity index (χ4v) is 4.90. The third kappa shape index (κ3) is 3.67. The Morgan fingerprint density at radius 3 is 2.20 bits per heavy atom. The molecular weight excluding hydrogens is 435 g/mol. The van der Waals surface area contributed by atoms with E-state index in [2.05, 4.69) is 5.10 Å². The summed E-state index contributed by atoms with van der Waals surface area (Å²) in [7, 11) is -2.43. The average molecular weight is 452 g/mol. The monoisotopic (exact) mass is 452 g/mol. The smallest absolute Gasteiger partial charge is 0.246 e. The molecule has 3 rings (SSSR count). The first kappa shape index (κ1) is 22.2. The van der Waals surface area contributed by atoms with Crippen molar-refractivity contribution in [3.8, 4) is 0 Å². The van der Waals surface area contributed by atoms with Gasteiger partial charge in [0.1, 0.15) is 10.6 Å². The molecule has 0 saturated carbocycles. The van der Waals surface area contributed by atoms with Gasteiger partial charge >= 0.3 is 0 Å². The zero-order valence-electron chi connectivity index (χ0n) is 15.8. The van der Waals surface area contributed by atoms with E-state index in [4.69, 9.17) is 0 Å². The van der Waals surface area contributed by atoms with Gasteiger partial charge in [0.2, 0.25) is 21.7 Å². The minimum Gasteiger partial charge on any atom is -0.321 e. The predicted octanol–water partition coefficient (Wildman–Crippen LogP) is 2.46. The Kier molecular flexibility index (Phi) is 5.87. The van der Waals surface area contributed by atoms with E-state index in [0.29, 0.717) is 5.69 Å². The van der Waals surface area contributed by atoms with Crippen LogP contribution in [0.1, 0.15) is 18.5 Å². The van der Waals surface area contributed by atoms with Gasteiger partial charge in [0.05, 0.1) is 17.8 Å². The highest BCUT2D eigenvalue weighted by Crippen LogP contribution is 2.30. The molecular formula is C17H17F5N4O3S. The molecule has 1 saturated heterocycles. The summed E-state index contributed by atoms with van der Waals surface area (Å²) in [5.41, 5.74) is -1.09. The van der Waals surface area contributed by atoms with Crippen LogP contribution in [0.5, 0.6) is 0 Å². The number of piperidine rings is 1. The van der Waals surface area contributed by atoms with Gasteiger partial charge in [-0.25, -0.2) is 30.4 Å². The van der Waals surface area contributed by atoms with Crippen LogP contribution in [0.25, 0.3) is 0 Å². The van der Waals surface area contributed by atoms with Crippen molar-refractivity contribution in [3.05, 3.63) is 41.0 Å². The van der Waals surface area contributed by atoms with Gasteiger partial charge in [-0.05, 0) is 19.8 Å². The van der Waals surface area contributed by atoms with Gasteiger partial charge in [-0.2, -0.15) is 9.40 Å². The van der Waals surface area contributed by atoms with E-state index in [0.717, 1.165) is 4.31 Å². The van der Waals surface area contributed by atoms with Crippen molar-refractivity contribution in [2.24, 2.45) is 13.0 Å². The number of aromatic nitrogens is 2. The number of carbonyl (C=O) groups is 1. The van der Waals surface area contributed by atoms with Crippen LogP contribution < -0.4 is 5.32 Å². The lowest BCUT2D eigenvalue weighted by Crippen LogP contribution is -2.44. The molecule has 0 radical (unpaired) electrons. The van der Waals surface area contributed by atoms with Crippen LogP contribution >= 0.6 is 0 Å². The van der Waals surface area contributed by atoms with Crippen molar-refractivity contribution in [1.29, 1.82) is 0 Å². The molecule has 0 bridgehead atoms. The average Bonchev–Trinajstić information content (AvgIpc) is 3.07. The number of sulfonamides is 1. The number of benzene rings is 1. The van der Waals surface area contributed by atoms with Crippen molar-refractivity contribution in [1.82, 2.24) is 14.1 Å². The molecule has 1 aromatic carbocycles. The van der Waals surface area contributed by atoms with E-state index in [-0.39, 0.29) is 30.8 Å². The molecule has 0 spiro atoms. The molecule has 1 N–H and O–H groups in total. The first-order valence-electron chi connectivity index (χ1n) is 8.77. The molecule has 7 nitrogen and oxygen atoms in total. The number of hydrogen-bond donors (Lipinski definition) is 1. The summed E-state index contributed by atoms with van der Waals surface area (Å²) in [5.74, 6) is -13.2. The molecule has 1 aliphatic heterocycles. The number of halogens is 5. The first-order valence-corrected chi connectivity index (χ1v) is 10.2. The second-order valence-corrected chi connectivity index (χ2v) is 8.76. The Morgan fingerprint density at radius 1 is 1.10 bits per heavy atom. The van der Waals surface area contributed by atoms with Gasteiger partial charge in [0.15, 0.2) is 23.3 Å². The van der Waals surface area contributed by atoms with E-state index in [9.17, 15) is 35.2 Å². The maximum atomic E-state index is 13.8. The van der Waals surface area contributed by atoms with E-state index in [1.165, 1.54) is 10.9 Å². The van der Waals surface area contributed by atoms with E-state index < -0.39 is 56.6 Å². The van der Waals surface area contributed by atoms with Crippen LogP contribution in [-0.2, 0) is 21.9 Å². The van der Waals surface area contributed by atoms with Crippen LogP contribution in [0.15, 0.2) is 11.1 Å². The molecule has 0 aliphatic carbocycles. The lowest BCUT2D eigenvalue weighted by molar-refractivity contribution is -0.120. The highest BCUT2D eigenvalue weighted by Gasteiger charge is 2.36. The van der Waals surface area contributed by atoms with Gasteiger partial charge in [-0.15, -0.1) is 0 Å². The Labute approximate surface area is 168 Å². The SMILES string of the molecule is Cc1c(S(=O)(=O)N2CCC[C@@H](C(=O)Nc3c(F)c(F)c(F)c(F)c3F)C2)cnn1C. The minimum absolute atomic E-state index is 0.0502. The Hall–Kier alpha value is -2.54.